The molecule has 2 amide bonds. The number of aliphatic hydroxyl groups excluding tert-OH is 1. The lowest BCUT2D eigenvalue weighted by Gasteiger charge is -2.19. The summed E-state index contributed by atoms with van der Waals surface area (Å²) in [6, 6.07) is 9.68. The number of aliphatic hydroxyl groups is 1. The molecule has 2 aromatic rings. The Kier molecular flexibility index (Phi) is 6.82. The van der Waals surface area contributed by atoms with Crippen LogP contribution >= 0.6 is 22.6 Å². The van der Waals surface area contributed by atoms with E-state index in [1.165, 1.54) is 0 Å². The molecule has 2 atom stereocenters. The maximum absolute atomic E-state index is 12.6. The Morgan fingerprint density at radius 1 is 1.07 bits per heavy atom. The molecule has 0 aliphatic carbocycles. The van der Waals surface area contributed by atoms with Crippen LogP contribution in [0, 0.1) is 3.57 Å². The van der Waals surface area contributed by atoms with Gasteiger partial charge in [0.1, 0.15) is 6.04 Å². The molecular weight excluding hydrogens is 476 g/mol. The second-order valence-electron chi connectivity index (χ2n) is 5.82. The fourth-order valence-electron chi connectivity index (χ4n) is 2.34. The molecule has 0 fully saturated rings. The normalized spacial score (nSPS) is 13.7. The summed E-state index contributed by atoms with van der Waals surface area (Å²) in [7, 11) is 0. The molecule has 0 heterocycles. The van der Waals surface area contributed by atoms with Crippen molar-refractivity contribution in [3.8, 4) is 0 Å². The molecule has 5 nitrogen and oxygen atoms in total. The number of amides is 2. The number of hydrogen-bond acceptors (Lipinski definition) is 3. The average molecular weight is 492 g/mol. The Morgan fingerprint density at radius 2 is 1.63 bits per heavy atom. The number of halogens is 4. The van der Waals surface area contributed by atoms with Crippen LogP contribution in [0.25, 0.3) is 0 Å². The van der Waals surface area contributed by atoms with Crippen LogP contribution in [0.3, 0.4) is 0 Å². The summed E-state index contributed by atoms with van der Waals surface area (Å²) in [5.74, 6) is -1.72. The third kappa shape index (κ3) is 5.93. The van der Waals surface area contributed by atoms with Gasteiger partial charge in [-0.2, -0.15) is 13.2 Å². The minimum absolute atomic E-state index is 0.0296. The van der Waals surface area contributed by atoms with Gasteiger partial charge < -0.3 is 16.2 Å². The smallest absolute Gasteiger partial charge is 0.378 e. The molecule has 2 rings (SSSR count). The first-order valence-corrected chi connectivity index (χ1v) is 8.85. The van der Waals surface area contributed by atoms with Crippen LogP contribution in [-0.4, -0.2) is 23.0 Å². The summed E-state index contributed by atoms with van der Waals surface area (Å²) in [5, 5.41) is 12.4. The van der Waals surface area contributed by atoms with Gasteiger partial charge in [0, 0.05) is 9.99 Å². The van der Waals surface area contributed by atoms with E-state index in [2.05, 4.69) is 27.9 Å². The van der Waals surface area contributed by atoms with Crippen LogP contribution in [0.2, 0.25) is 0 Å². The lowest BCUT2D eigenvalue weighted by atomic mass is 10.0. The van der Waals surface area contributed by atoms with Gasteiger partial charge in [-0.05, 0) is 58.0 Å². The molecule has 27 heavy (non-hydrogen) atoms. The molecule has 144 valence electrons. The van der Waals surface area contributed by atoms with E-state index >= 15 is 0 Å². The summed E-state index contributed by atoms with van der Waals surface area (Å²) >= 11 is 2.12. The predicted octanol–water partition coefficient (Wildman–Crippen LogP) is 2.56. The standard InChI is InChI=1S/C18H16F3IN2O3/c19-18(20,21)12-5-3-11(4-6-12)15(25)17(27)24-14(16(23)26)9-10-1-7-13(22)8-2-10/h1-8,14-15,25H,9H2,(H2,23,26)(H,24,27)/t14-,15+/m0/s1. The summed E-state index contributed by atoms with van der Waals surface area (Å²) in [5.41, 5.74) is 5.14. The van der Waals surface area contributed by atoms with Crippen molar-refractivity contribution in [1.82, 2.24) is 5.32 Å². The maximum atomic E-state index is 12.6. The van der Waals surface area contributed by atoms with Crippen molar-refractivity contribution in [2.75, 3.05) is 0 Å². The first kappa shape index (κ1) is 21.2. The molecule has 0 unspecified atom stereocenters. The highest BCUT2D eigenvalue weighted by Crippen LogP contribution is 2.30. The van der Waals surface area contributed by atoms with Crippen molar-refractivity contribution in [2.45, 2.75) is 24.7 Å². The predicted molar refractivity (Wildman–Crippen MR) is 100 cm³/mol. The van der Waals surface area contributed by atoms with Gasteiger partial charge in [-0.15, -0.1) is 0 Å². The van der Waals surface area contributed by atoms with Crippen LogP contribution in [0.1, 0.15) is 22.8 Å². The molecule has 4 N–H and O–H groups in total. The third-order valence-electron chi connectivity index (χ3n) is 3.82. The van der Waals surface area contributed by atoms with E-state index in [1.54, 1.807) is 12.1 Å². The fraction of sp³-hybridized carbons (Fsp3) is 0.222. The first-order chi connectivity index (χ1) is 12.6. The Morgan fingerprint density at radius 3 is 2.11 bits per heavy atom. The van der Waals surface area contributed by atoms with Crippen LogP contribution in [0.4, 0.5) is 13.2 Å². The van der Waals surface area contributed by atoms with Crippen molar-refractivity contribution in [2.24, 2.45) is 5.73 Å². The van der Waals surface area contributed by atoms with Gasteiger partial charge in [0.25, 0.3) is 5.91 Å². The van der Waals surface area contributed by atoms with E-state index in [-0.39, 0.29) is 12.0 Å². The number of nitrogens with one attached hydrogen (secondary N) is 1. The summed E-state index contributed by atoms with van der Waals surface area (Å²) in [6.45, 7) is 0. The first-order valence-electron chi connectivity index (χ1n) is 7.77. The minimum atomic E-state index is -4.52. The van der Waals surface area contributed by atoms with Crippen molar-refractivity contribution in [1.29, 1.82) is 0 Å². The van der Waals surface area contributed by atoms with E-state index in [0.29, 0.717) is 0 Å². The number of rotatable bonds is 6. The van der Waals surface area contributed by atoms with Gasteiger partial charge in [0.05, 0.1) is 5.56 Å². The SMILES string of the molecule is NC(=O)[C@H](Cc1ccc(I)cc1)NC(=O)[C@H](O)c1ccc(C(F)(F)F)cc1. The molecule has 0 saturated heterocycles. The number of benzene rings is 2. The molecule has 2 aromatic carbocycles. The number of carbonyl (C=O) groups is 2. The zero-order valence-corrected chi connectivity index (χ0v) is 16.0. The van der Waals surface area contributed by atoms with Gasteiger partial charge >= 0.3 is 6.18 Å². The molecule has 0 saturated carbocycles. The van der Waals surface area contributed by atoms with E-state index < -0.39 is 35.7 Å². The number of alkyl halides is 3. The molecule has 0 spiro atoms. The van der Waals surface area contributed by atoms with E-state index in [1.807, 2.05) is 12.1 Å². The second kappa shape index (κ2) is 8.70. The van der Waals surface area contributed by atoms with Crippen LogP contribution < -0.4 is 11.1 Å². The number of primary amides is 1. The Balaban J connectivity index is 2.07. The van der Waals surface area contributed by atoms with Gasteiger partial charge in [-0.25, -0.2) is 0 Å². The van der Waals surface area contributed by atoms with E-state index in [4.69, 9.17) is 5.73 Å². The molecule has 0 radical (unpaired) electrons. The molecule has 0 aromatic heterocycles. The van der Waals surface area contributed by atoms with Crippen molar-refractivity contribution in [3.63, 3.8) is 0 Å². The van der Waals surface area contributed by atoms with Crippen molar-refractivity contribution >= 4 is 34.4 Å². The Bertz CT molecular complexity index is 808. The maximum Gasteiger partial charge on any atom is 0.416 e. The molecule has 0 bridgehead atoms. The van der Waals surface area contributed by atoms with E-state index in [9.17, 15) is 27.9 Å². The average Bonchev–Trinajstić information content (AvgIpc) is 2.61. The summed E-state index contributed by atoms with van der Waals surface area (Å²) < 4.78 is 38.7. The monoisotopic (exact) mass is 492 g/mol. The molecular formula is C18H16F3IN2O3. The van der Waals surface area contributed by atoms with Crippen LogP contribution in [0.15, 0.2) is 48.5 Å². The highest BCUT2D eigenvalue weighted by molar-refractivity contribution is 14.1. The van der Waals surface area contributed by atoms with Gasteiger partial charge in [-0.3, -0.25) is 9.59 Å². The second-order valence-corrected chi connectivity index (χ2v) is 7.06. The zero-order chi connectivity index (χ0) is 20.2. The fourth-order valence-corrected chi connectivity index (χ4v) is 2.69. The van der Waals surface area contributed by atoms with Crippen molar-refractivity contribution < 1.29 is 27.9 Å². The van der Waals surface area contributed by atoms with Crippen molar-refractivity contribution in [3.05, 3.63) is 68.8 Å². The molecule has 0 aliphatic heterocycles. The number of nitrogens with two attached hydrogens (primary N) is 1. The summed E-state index contributed by atoms with van der Waals surface area (Å²) in [4.78, 5) is 23.8. The zero-order valence-electron chi connectivity index (χ0n) is 13.8. The lowest BCUT2D eigenvalue weighted by Crippen LogP contribution is -2.47. The van der Waals surface area contributed by atoms with Gasteiger partial charge in [-0.1, -0.05) is 24.3 Å². The third-order valence-corrected chi connectivity index (χ3v) is 4.53. The Labute approximate surface area is 166 Å². The number of hydrogen-bond donors (Lipinski definition) is 3. The van der Waals surface area contributed by atoms with Crippen LogP contribution in [-0.2, 0) is 22.2 Å². The van der Waals surface area contributed by atoms with Crippen LogP contribution in [0.5, 0.6) is 0 Å². The highest BCUT2D eigenvalue weighted by Gasteiger charge is 2.31. The van der Waals surface area contributed by atoms with Gasteiger partial charge in [0.2, 0.25) is 5.91 Å². The lowest BCUT2D eigenvalue weighted by molar-refractivity contribution is -0.137. The van der Waals surface area contributed by atoms with E-state index in [0.717, 1.165) is 33.4 Å². The quantitative estimate of drug-likeness (QED) is 0.542. The largest absolute Gasteiger partial charge is 0.416 e. The van der Waals surface area contributed by atoms with Gasteiger partial charge in [0.15, 0.2) is 6.10 Å². The molecule has 0 aliphatic rings. The number of carbonyl (C=O) groups excluding carboxylic acids is 2. The topological polar surface area (TPSA) is 92.4 Å². The summed E-state index contributed by atoms with van der Waals surface area (Å²) in [6.07, 6.45) is -6.13. The minimum Gasteiger partial charge on any atom is -0.378 e. The highest BCUT2D eigenvalue weighted by atomic mass is 127. The molecule has 9 heteroatoms. The Hall–Kier alpha value is -2.14.